The Labute approximate surface area is 192 Å². The van der Waals surface area contributed by atoms with Crippen LogP contribution < -0.4 is 9.88 Å². The van der Waals surface area contributed by atoms with Crippen molar-refractivity contribution in [2.24, 2.45) is 23.8 Å². The predicted octanol–water partition coefficient (Wildman–Crippen LogP) is 2.37. The number of aryl methyl sites for hydroxylation is 1. The fourth-order valence-corrected chi connectivity index (χ4v) is 5.72. The number of piperidine rings is 1. The summed E-state index contributed by atoms with van der Waals surface area (Å²) in [6.07, 6.45) is 8.02. The van der Waals surface area contributed by atoms with Crippen molar-refractivity contribution in [3.05, 3.63) is 29.6 Å². The molecule has 3 amide bonds. The lowest BCUT2D eigenvalue weighted by molar-refractivity contribution is -0.842. The Bertz CT molecular complexity index is 889. The number of aromatic nitrogens is 1. The number of carbonyl (C=O) groups excluding carboxylic acids is 2. The van der Waals surface area contributed by atoms with Crippen LogP contribution in [0.2, 0.25) is 0 Å². The van der Waals surface area contributed by atoms with Crippen molar-refractivity contribution >= 4 is 11.9 Å². The summed E-state index contributed by atoms with van der Waals surface area (Å²) in [6.45, 7) is 8.74. The number of ether oxygens (including phenoxy) is 1. The van der Waals surface area contributed by atoms with Crippen LogP contribution in [-0.2, 0) is 29.7 Å². The van der Waals surface area contributed by atoms with Gasteiger partial charge in [-0.3, -0.25) is 4.48 Å². The highest BCUT2D eigenvalue weighted by atomic mass is 16.5. The summed E-state index contributed by atoms with van der Waals surface area (Å²) in [5, 5.41) is 3.19. The first-order valence-corrected chi connectivity index (χ1v) is 11.9. The molecule has 176 valence electrons. The largest absolute Gasteiger partial charge is 0.384 e. The van der Waals surface area contributed by atoms with Gasteiger partial charge in [0.2, 0.25) is 0 Å². The number of pyridine rings is 1. The van der Waals surface area contributed by atoms with Crippen molar-refractivity contribution < 1.29 is 23.4 Å². The molecule has 2 fully saturated rings. The molecule has 3 aliphatic rings. The topological polar surface area (TPSA) is 62.5 Å². The minimum absolute atomic E-state index is 0.0397. The summed E-state index contributed by atoms with van der Waals surface area (Å²) in [5.74, 6) is 0.873. The van der Waals surface area contributed by atoms with Crippen LogP contribution in [0.1, 0.15) is 50.7 Å². The molecule has 0 aromatic carbocycles. The van der Waals surface area contributed by atoms with E-state index in [-0.39, 0.29) is 11.4 Å². The Balaban J connectivity index is 1.23. The molecular formula is C25H40N4O3+2. The van der Waals surface area contributed by atoms with Gasteiger partial charge in [-0.05, 0) is 23.3 Å². The maximum atomic E-state index is 13.1. The molecule has 1 aromatic heterocycles. The van der Waals surface area contributed by atoms with Gasteiger partial charge in [-0.1, -0.05) is 13.8 Å². The normalized spacial score (nSPS) is 29.2. The zero-order chi connectivity index (χ0) is 23.1. The van der Waals surface area contributed by atoms with Crippen LogP contribution >= 0.6 is 0 Å². The number of fused-ring (bicyclic) bond motifs is 1. The monoisotopic (exact) mass is 444 g/mol. The molecule has 1 N–H and O–H groups in total. The van der Waals surface area contributed by atoms with E-state index >= 15 is 0 Å². The van der Waals surface area contributed by atoms with Crippen molar-refractivity contribution in [3.63, 3.8) is 0 Å². The van der Waals surface area contributed by atoms with Crippen molar-refractivity contribution in [1.29, 1.82) is 0 Å². The van der Waals surface area contributed by atoms with Gasteiger partial charge in [0.1, 0.15) is 7.05 Å². The van der Waals surface area contributed by atoms with Gasteiger partial charge in [-0.25, -0.2) is 14.2 Å². The second-order valence-electron chi connectivity index (χ2n) is 11.5. The highest BCUT2D eigenvalue weighted by molar-refractivity contribution is 5.75. The van der Waals surface area contributed by atoms with E-state index in [0.717, 1.165) is 32.5 Å². The molecule has 1 atom stereocenters. The van der Waals surface area contributed by atoms with Gasteiger partial charge < -0.3 is 15.0 Å². The zero-order valence-electron chi connectivity index (χ0n) is 20.4. The number of carbonyl (C=O) groups is 2. The number of urea groups is 1. The Hall–Kier alpha value is -1.99. The molecule has 1 saturated heterocycles. The maximum absolute atomic E-state index is 13.1. The minimum Gasteiger partial charge on any atom is -0.384 e. The summed E-state index contributed by atoms with van der Waals surface area (Å²) < 4.78 is 7.87. The fraction of sp³-hybridized carbons (Fsp3) is 0.720. The first-order valence-electron chi connectivity index (χ1n) is 11.9. The van der Waals surface area contributed by atoms with Crippen LogP contribution in [0.4, 0.5) is 4.79 Å². The second kappa shape index (κ2) is 8.41. The Morgan fingerprint density at radius 3 is 2.66 bits per heavy atom. The van der Waals surface area contributed by atoms with Crippen molar-refractivity contribution in [1.82, 2.24) is 10.2 Å². The predicted molar refractivity (Wildman–Crippen MR) is 121 cm³/mol. The third-order valence-electron chi connectivity index (χ3n) is 8.12. The summed E-state index contributed by atoms with van der Waals surface area (Å²) in [7, 11) is 5.81. The smallest absolute Gasteiger partial charge is 0.318 e. The molecule has 0 bridgehead atoms. The number of amides is 3. The molecule has 7 heteroatoms. The molecule has 1 spiro atoms. The summed E-state index contributed by atoms with van der Waals surface area (Å²) in [6, 6.07) is 2.14. The van der Waals surface area contributed by atoms with Crippen LogP contribution in [-0.4, -0.2) is 61.7 Å². The van der Waals surface area contributed by atoms with E-state index in [0.29, 0.717) is 47.8 Å². The minimum atomic E-state index is -0.124. The molecule has 1 aromatic rings. The van der Waals surface area contributed by atoms with Crippen LogP contribution in [0.3, 0.4) is 0 Å². The lowest BCUT2D eigenvalue weighted by atomic mass is 9.86. The van der Waals surface area contributed by atoms with E-state index in [1.807, 2.05) is 22.7 Å². The second-order valence-corrected chi connectivity index (χ2v) is 11.5. The molecule has 2 aliphatic heterocycles. The standard InChI is InChI=1S/C25H39N4O3/c1-24(2,18-32-5)13-22(30)29(4)10-7-25(8-11-29)12-21(25)14-26-23(31)28-16-19-6-9-27(3)15-20(19)17-28/h6,9,15,21H,7-8,10-14,16-18H2,1-5H3/q+1/p+1. The number of hydrogen-bond donors (Lipinski definition) is 1. The van der Waals surface area contributed by atoms with Gasteiger partial charge in [0.25, 0.3) is 0 Å². The van der Waals surface area contributed by atoms with Crippen LogP contribution in [0.15, 0.2) is 18.5 Å². The number of quaternary nitrogens is 1. The number of methoxy groups -OCH3 is 1. The zero-order valence-corrected chi connectivity index (χ0v) is 20.4. The highest BCUT2D eigenvalue weighted by Gasteiger charge is 2.58. The van der Waals surface area contributed by atoms with E-state index in [1.165, 1.54) is 17.5 Å². The van der Waals surface area contributed by atoms with E-state index in [9.17, 15) is 9.59 Å². The third kappa shape index (κ3) is 4.69. The lowest BCUT2D eigenvalue weighted by Gasteiger charge is -2.40. The summed E-state index contributed by atoms with van der Waals surface area (Å²) in [4.78, 5) is 27.7. The molecule has 1 aliphatic carbocycles. The van der Waals surface area contributed by atoms with Crippen molar-refractivity contribution in [2.75, 3.05) is 40.4 Å². The number of hydrogen-bond acceptors (Lipinski definition) is 3. The summed E-state index contributed by atoms with van der Waals surface area (Å²) >= 11 is 0. The van der Waals surface area contributed by atoms with E-state index in [4.69, 9.17) is 4.74 Å². The number of nitrogens with zero attached hydrogens (tertiary/aromatic N) is 3. The first kappa shape index (κ1) is 23.2. The first-order chi connectivity index (χ1) is 15.1. The molecular weight excluding hydrogens is 404 g/mol. The van der Waals surface area contributed by atoms with Gasteiger partial charge >= 0.3 is 11.9 Å². The van der Waals surface area contributed by atoms with Crippen molar-refractivity contribution in [3.8, 4) is 0 Å². The molecule has 0 radical (unpaired) electrons. The SMILES string of the molecule is COCC(C)(C)CC(=O)[N+]1(C)CCC2(CC1)CC2CNC(=O)N1Cc2cc[n+](C)cc2C1. The van der Waals surface area contributed by atoms with Gasteiger partial charge in [-0.15, -0.1) is 0 Å². The molecule has 1 saturated carbocycles. The number of rotatable bonds is 6. The Kier molecular flexibility index (Phi) is 6.09. The average Bonchev–Trinajstić information content (AvgIpc) is 3.23. The number of nitrogens with one attached hydrogen (secondary N) is 1. The van der Waals surface area contributed by atoms with E-state index < -0.39 is 0 Å². The maximum Gasteiger partial charge on any atom is 0.318 e. The quantitative estimate of drug-likeness (QED) is 0.541. The lowest BCUT2D eigenvalue weighted by Crippen LogP contribution is -2.55. The third-order valence-corrected chi connectivity index (χ3v) is 8.12. The van der Waals surface area contributed by atoms with Crippen LogP contribution in [0, 0.1) is 16.7 Å². The highest BCUT2D eigenvalue weighted by Crippen LogP contribution is 2.59. The van der Waals surface area contributed by atoms with Gasteiger partial charge in [0.15, 0.2) is 12.4 Å². The molecule has 32 heavy (non-hydrogen) atoms. The Morgan fingerprint density at radius 1 is 1.28 bits per heavy atom. The fourth-order valence-electron chi connectivity index (χ4n) is 5.72. The van der Waals surface area contributed by atoms with E-state index in [2.05, 4.69) is 38.5 Å². The summed E-state index contributed by atoms with van der Waals surface area (Å²) in [5.41, 5.74) is 2.68. The van der Waals surface area contributed by atoms with Crippen LogP contribution in [0.25, 0.3) is 0 Å². The molecule has 4 rings (SSSR count). The Morgan fingerprint density at radius 2 is 1.97 bits per heavy atom. The number of likely N-dealkylation sites (tertiary alicyclic amines) is 1. The molecule has 3 heterocycles. The van der Waals surface area contributed by atoms with Crippen LogP contribution in [0.5, 0.6) is 0 Å². The van der Waals surface area contributed by atoms with Gasteiger partial charge in [-0.2, -0.15) is 0 Å². The van der Waals surface area contributed by atoms with Gasteiger partial charge in [0, 0.05) is 50.1 Å². The molecule has 7 nitrogen and oxygen atoms in total. The van der Waals surface area contributed by atoms with Crippen molar-refractivity contribution in [2.45, 2.75) is 52.6 Å². The van der Waals surface area contributed by atoms with Gasteiger partial charge in [0.05, 0.1) is 39.7 Å². The van der Waals surface area contributed by atoms with E-state index in [1.54, 1.807) is 7.11 Å². The average molecular weight is 445 g/mol. The molecule has 1 unspecified atom stereocenters.